The summed E-state index contributed by atoms with van der Waals surface area (Å²) in [5.41, 5.74) is 1.61. The zero-order valence-electron chi connectivity index (χ0n) is 9.48. The summed E-state index contributed by atoms with van der Waals surface area (Å²) in [6, 6.07) is 11.5. The highest BCUT2D eigenvalue weighted by atomic mass is 35.5. The summed E-state index contributed by atoms with van der Waals surface area (Å²) in [5, 5.41) is 0.543. The second-order valence-electron chi connectivity index (χ2n) is 3.88. The molecule has 0 bridgehead atoms. The van der Waals surface area contributed by atoms with Crippen molar-refractivity contribution in [3.63, 3.8) is 0 Å². The van der Waals surface area contributed by atoms with E-state index in [-0.39, 0.29) is 5.91 Å². The third-order valence-corrected chi connectivity index (χ3v) is 2.71. The number of aromatic nitrogens is 1. The van der Waals surface area contributed by atoms with E-state index in [1.807, 2.05) is 30.3 Å². The van der Waals surface area contributed by atoms with Gasteiger partial charge in [-0.25, -0.2) is 0 Å². The molecule has 4 heteroatoms. The van der Waals surface area contributed by atoms with Crippen LogP contribution in [0.1, 0.15) is 16.1 Å². The van der Waals surface area contributed by atoms with Gasteiger partial charge in [-0.15, -0.1) is 0 Å². The molecule has 1 amide bonds. The van der Waals surface area contributed by atoms with E-state index in [4.69, 9.17) is 11.6 Å². The van der Waals surface area contributed by atoms with Gasteiger partial charge >= 0.3 is 0 Å². The Hall–Kier alpha value is -1.74. The largest absolute Gasteiger partial charge is 0.356 e. The topological polar surface area (TPSA) is 36.1 Å². The van der Waals surface area contributed by atoms with E-state index in [0.29, 0.717) is 17.3 Å². The minimum atomic E-state index is -0.0687. The highest BCUT2D eigenvalue weighted by Gasteiger charge is 2.13. The number of halogens is 1. The number of nitrogens with one attached hydrogen (secondary N) is 1. The van der Waals surface area contributed by atoms with Crippen molar-refractivity contribution in [3.8, 4) is 0 Å². The fourth-order valence-corrected chi connectivity index (χ4v) is 1.79. The van der Waals surface area contributed by atoms with Crippen LogP contribution in [-0.2, 0) is 6.54 Å². The van der Waals surface area contributed by atoms with Gasteiger partial charge in [-0.05, 0) is 11.6 Å². The number of nitrogens with zero attached hydrogens (tertiary/aromatic N) is 1. The quantitative estimate of drug-likeness (QED) is 0.891. The fraction of sp³-hybridized carbons (Fsp3) is 0.154. The molecule has 0 aliphatic rings. The van der Waals surface area contributed by atoms with Crippen LogP contribution in [-0.4, -0.2) is 22.8 Å². The van der Waals surface area contributed by atoms with E-state index in [9.17, 15) is 4.79 Å². The first kappa shape index (κ1) is 11.7. The molecular formula is C13H13ClN2O. The maximum absolute atomic E-state index is 12.0. The number of aromatic amines is 1. The van der Waals surface area contributed by atoms with Gasteiger partial charge in [0.05, 0.1) is 5.02 Å². The number of carbonyl (C=O) groups excluding carboxylic acids is 1. The summed E-state index contributed by atoms with van der Waals surface area (Å²) in [6.07, 6.45) is 1.60. The number of hydrogen-bond acceptors (Lipinski definition) is 1. The van der Waals surface area contributed by atoms with E-state index >= 15 is 0 Å². The van der Waals surface area contributed by atoms with Crippen LogP contribution in [0.25, 0.3) is 0 Å². The predicted molar refractivity (Wildman–Crippen MR) is 68.0 cm³/mol. The molecule has 1 heterocycles. The molecule has 0 spiro atoms. The van der Waals surface area contributed by atoms with Crippen LogP contribution in [0.15, 0.2) is 42.6 Å². The maximum atomic E-state index is 12.0. The number of H-pyrrole nitrogens is 1. The molecule has 1 aromatic heterocycles. The summed E-state index contributed by atoms with van der Waals surface area (Å²) in [6.45, 7) is 0.580. The Morgan fingerprint density at radius 2 is 2.06 bits per heavy atom. The summed E-state index contributed by atoms with van der Waals surface area (Å²) < 4.78 is 0. The molecule has 88 valence electrons. The SMILES string of the molecule is CN(Cc1ccccc1)C(=O)c1cc(Cl)c[nH]1. The lowest BCUT2D eigenvalue weighted by atomic mass is 10.2. The third kappa shape index (κ3) is 2.88. The van der Waals surface area contributed by atoms with E-state index < -0.39 is 0 Å². The molecule has 0 aliphatic heterocycles. The molecule has 2 aromatic rings. The van der Waals surface area contributed by atoms with Crippen LogP contribution in [0.3, 0.4) is 0 Å². The molecule has 17 heavy (non-hydrogen) atoms. The summed E-state index contributed by atoms with van der Waals surface area (Å²) >= 11 is 5.77. The molecule has 1 aromatic carbocycles. The monoisotopic (exact) mass is 248 g/mol. The molecule has 0 saturated carbocycles. The average Bonchev–Trinajstić information content (AvgIpc) is 2.76. The lowest BCUT2D eigenvalue weighted by molar-refractivity contribution is 0.0780. The van der Waals surface area contributed by atoms with Crippen molar-refractivity contribution in [2.24, 2.45) is 0 Å². The standard InChI is InChI=1S/C13H13ClN2O/c1-16(9-10-5-3-2-4-6-10)13(17)12-7-11(14)8-15-12/h2-8,15H,9H2,1H3. The van der Waals surface area contributed by atoms with Crippen molar-refractivity contribution < 1.29 is 4.79 Å². The van der Waals surface area contributed by atoms with Crippen molar-refractivity contribution in [3.05, 3.63) is 58.9 Å². The number of carbonyl (C=O) groups is 1. The number of hydrogen-bond donors (Lipinski definition) is 1. The van der Waals surface area contributed by atoms with Gasteiger partial charge in [-0.2, -0.15) is 0 Å². The molecule has 0 fully saturated rings. The van der Waals surface area contributed by atoms with Crippen LogP contribution in [0.5, 0.6) is 0 Å². The number of rotatable bonds is 3. The van der Waals surface area contributed by atoms with Crippen molar-refractivity contribution in [1.29, 1.82) is 0 Å². The average molecular weight is 249 g/mol. The Morgan fingerprint density at radius 1 is 1.35 bits per heavy atom. The van der Waals surface area contributed by atoms with Gasteiger partial charge in [0, 0.05) is 19.8 Å². The second-order valence-corrected chi connectivity index (χ2v) is 4.31. The zero-order valence-corrected chi connectivity index (χ0v) is 10.2. The molecular weight excluding hydrogens is 236 g/mol. The Labute approximate surface area is 105 Å². The third-order valence-electron chi connectivity index (χ3n) is 2.49. The van der Waals surface area contributed by atoms with Crippen LogP contribution < -0.4 is 0 Å². The second kappa shape index (κ2) is 5.06. The van der Waals surface area contributed by atoms with Crippen molar-refractivity contribution in [1.82, 2.24) is 9.88 Å². The number of benzene rings is 1. The Bertz CT molecular complexity index is 507. The minimum absolute atomic E-state index is 0.0687. The lowest BCUT2D eigenvalue weighted by Crippen LogP contribution is -2.26. The predicted octanol–water partition coefficient (Wildman–Crippen LogP) is 2.94. The minimum Gasteiger partial charge on any atom is -0.356 e. The molecule has 0 saturated heterocycles. The molecule has 0 unspecified atom stereocenters. The van der Waals surface area contributed by atoms with Crippen LogP contribution in [0, 0.1) is 0 Å². The van der Waals surface area contributed by atoms with Gasteiger partial charge < -0.3 is 9.88 Å². The Balaban J connectivity index is 2.06. The number of amides is 1. The maximum Gasteiger partial charge on any atom is 0.270 e. The van der Waals surface area contributed by atoms with Gasteiger partial charge in [0.1, 0.15) is 5.69 Å². The lowest BCUT2D eigenvalue weighted by Gasteiger charge is -2.16. The molecule has 0 atom stereocenters. The van der Waals surface area contributed by atoms with Gasteiger partial charge in [-0.1, -0.05) is 41.9 Å². The summed E-state index contributed by atoms with van der Waals surface area (Å²) in [4.78, 5) is 16.5. The van der Waals surface area contributed by atoms with Gasteiger partial charge in [0.15, 0.2) is 0 Å². The van der Waals surface area contributed by atoms with Gasteiger partial charge in [0.25, 0.3) is 5.91 Å². The first-order chi connectivity index (χ1) is 8.16. The molecule has 3 nitrogen and oxygen atoms in total. The van der Waals surface area contributed by atoms with E-state index in [1.54, 1.807) is 24.2 Å². The van der Waals surface area contributed by atoms with Crippen LogP contribution >= 0.6 is 11.6 Å². The fourth-order valence-electron chi connectivity index (χ4n) is 1.63. The van der Waals surface area contributed by atoms with E-state index in [0.717, 1.165) is 5.56 Å². The van der Waals surface area contributed by atoms with Gasteiger partial charge in [0.2, 0.25) is 0 Å². The first-order valence-corrected chi connectivity index (χ1v) is 5.68. The zero-order chi connectivity index (χ0) is 12.3. The van der Waals surface area contributed by atoms with Crippen LogP contribution in [0.4, 0.5) is 0 Å². The first-order valence-electron chi connectivity index (χ1n) is 5.30. The molecule has 0 radical (unpaired) electrons. The Kier molecular flexibility index (Phi) is 3.49. The van der Waals surface area contributed by atoms with Crippen molar-refractivity contribution in [2.75, 3.05) is 7.05 Å². The molecule has 0 aliphatic carbocycles. The smallest absolute Gasteiger partial charge is 0.270 e. The Morgan fingerprint density at radius 3 is 2.65 bits per heavy atom. The van der Waals surface area contributed by atoms with Gasteiger partial charge in [-0.3, -0.25) is 4.79 Å². The molecule has 1 N–H and O–H groups in total. The normalized spacial score (nSPS) is 10.2. The highest BCUT2D eigenvalue weighted by molar-refractivity contribution is 6.30. The van der Waals surface area contributed by atoms with Crippen LogP contribution in [0.2, 0.25) is 5.02 Å². The van der Waals surface area contributed by atoms with Crippen molar-refractivity contribution >= 4 is 17.5 Å². The highest BCUT2D eigenvalue weighted by Crippen LogP contribution is 2.12. The van der Waals surface area contributed by atoms with E-state index in [2.05, 4.69) is 4.98 Å². The summed E-state index contributed by atoms with van der Waals surface area (Å²) in [7, 11) is 1.77. The van der Waals surface area contributed by atoms with E-state index in [1.165, 1.54) is 0 Å². The summed E-state index contributed by atoms with van der Waals surface area (Å²) in [5.74, 6) is -0.0687. The van der Waals surface area contributed by atoms with Crippen molar-refractivity contribution in [2.45, 2.75) is 6.54 Å². The molecule has 2 rings (SSSR count).